The molecule has 4 rings (SSSR count). The van der Waals surface area contributed by atoms with Crippen molar-refractivity contribution in [2.24, 2.45) is 11.8 Å². The predicted octanol–water partition coefficient (Wildman–Crippen LogP) is 6.01. The smallest absolute Gasteiger partial charge is 0.168 e. The Hall–Kier alpha value is -1.04. The van der Waals surface area contributed by atoms with Crippen LogP contribution in [-0.4, -0.2) is 24.1 Å². The van der Waals surface area contributed by atoms with Crippen molar-refractivity contribution in [3.05, 3.63) is 34.9 Å². The zero-order chi connectivity index (χ0) is 20.4. The summed E-state index contributed by atoms with van der Waals surface area (Å²) in [5.41, 5.74) is 0.582. The van der Waals surface area contributed by atoms with E-state index in [0.29, 0.717) is 37.0 Å². The Balaban J connectivity index is 1.34. The van der Waals surface area contributed by atoms with Gasteiger partial charge in [-0.05, 0) is 68.3 Å². The lowest BCUT2D eigenvalue weighted by Gasteiger charge is -2.41. The standard InChI is InChI=1S/C24H34F2O3/c1-2-3-21(27)20-9-8-19(22(25)23(20)26)18-6-4-16(5-7-18)17-10-12-24(13-11-17)28-14-15-29-24/h8-9,16-18,21,27H,2-7,10-15H2,1H3. The van der Waals surface area contributed by atoms with E-state index in [1.54, 1.807) is 12.1 Å². The van der Waals surface area contributed by atoms with E-state index in [-0.39, 0.29) is 17.3 Å². The third-order valence-electron chi connectivity index (χ3n) is 7.55. The Labute approximate surface area is 172 Å². The number of hydrogen-bond donors (Lipinski definition) is 1. The summed E-state index contributed by atoms with van der Waals surface area (Å²) in [6, 6.07) is 3.29. The zero-order valence-corrected chi connectivity index (χ0v) is 17.5. The fraction of sp³-hybridized carbons (Fsp3) is 0.750. The Morgan fingerprint density at radius 3 is 2.21 bits per heavy atom. The first-order valence-electron chi connectivity index (χ1n) is 11.5. The van der Waals surface area contributed by atoms with Gasteiger partial charge in [0, 0.05) is 18.4 Å². The van der Waals surface area contributed by atoms with Gasteiger partial charge < -0.3 is 14.6 Å². The molecular weight excluding hydrogens is 374 g/mol. The van der Waals surface area contributed by atoms with Gasteiger partial charge in [0.1, 0.15) is 0 Å². The van der Waals surface area contributed by atoms with Gasteiger partial charge in [-0.2, -0.15) is 0 Å². The Bertz CT molecular complexity index is 684. The summed E-state index contributed by atoms with van der Waals surface area (Å²) in [4.78, 5) is 0. The molecule has 1 aromatic rings. The molecule has 29 heavy (non-hydrogen) atoms. The molecule has 162 valence electrons. The Kier molecular flexibility index (Phi) is 6.57. The maximum atomic E-state index is 14.8. The average molecular weight is 409 g/mol. The molecule has 3 fully saturated rings. The first kappa shape index (κ1) is 21.2. The van der Waals surface area contributed by atoms with Crippen molar-refractivity contribution in [2.75, 3.05) is 13.2 Å². The lowest BCUT2D eigenvalue weighted by molar-refractivity contribution is -0.185. The van der Waals surface area contributed by atoms with Crippen molar-refractivity contribution in [1.29, 1.82) is 0 Å². The first-order chi connectivity index (χ1) is 14.0. The fourth-order valence-corrected chi connectivity index (χ4v) is 5.82. The maximum absolute atomic E-state index is 14.8. The third-order valence-corrected chi connectivity index (χ3v) is 7.55. The van der Waals surface area contributed by atoms with Crippen molar-refractivity contribution >= 4 is 0 Å². The summed E-state index contributed by atoms with van der Waals surface area (Å²) in [6.07, 6.45) is 8.47. The van der Waals surface area contributed by atoms with Crippen molar-refractivity contribution in [3.63, 3.8) is 0 Å². The highest BCUT2D eigenvalue weighted by atomic mass is 19.2. The second kappa shape index (κ2) is 8.99. The SMILES string of the molecule is CCCC(O)c1ccc(C2CCC(C3CCC4(CC3)OCCO4)CC2)c(F)c1F. The minimum Gasteiger partial charge on any atom is -0.388 e. The summed E-state index contributed by atoms with van der Waals surface area (Å²) >= 11 is 0. The number of ether oxygens (including phenoxy) is 2. The van der Waals surface area contributed by atoms with Gasteiger partial charge in [0.25, 0.3) is 0 Å². The quantitative estimate of drug-likeness (QED) is 0.649. The molecule has 2 saturated carbocycles. The molecule has 1 atom stereocenters. The van der Waals surface area contributed by atoms with E-state index in [9.17, 15) is 13.9 Å². The molecule has 1 aliphatic heterocycles. The van der Waals surface area contributed by atoms with E-state index in [1.807, 2.05) is 6.92 Å². The van der Waals surface area contributed by atoms with Gasteiger partial charge >= 0.3 is 0 Å². The molecule has 2 aliphatic carbocycles. The molecule has 5 heteroatoms. The topological polar surface area (TPSA) is 38.7 Å². The number of rotatable bonds is 5. The number of hydrogen-bond acceptors (Lipinski definition) is 3. The van der Waals surface area contributed by atoms with Crippen molar-refractivity contribution in [2.45, 2.75) is 88.9 Å². The lowest BCUT2D eigenvalue weighted by atomic mass is 9.69. The summed E-state index contributed by atoms with van der Waals surface area (Å²) < 4.78 is 41.0. The van der Waals surface area contributed by atoms with Gasteiger partial charge in [0.15, 0.2) is 17.4 Å². The molecule has 0 bridgehead atoms. The monoisotopic (exact) mass is 408 g/mol. The highest BCUT2D eigenvalue weighted by molar-refractivity contribution is 5.30. The van der Waals surface area contributed by atoms with Gasteiger partial charge in [0.2, 0.25) is 0 Å². The fourth-order valence-electron chi connectivity index (χ4n) is 5.82. The Morgan fingerprint density at radius 2 is 1.59 bits per heavy atom. The van der Waals surface area contributed by atoms with Crippen molar-refractivity contribution in [1.82, 2.24) is 0 Å². The molecule has 0 amide bonds. The lowest BCUT2D eigenvalue weighted by Crippen LogP contribution is -2.37. The minimum absolute atomic E-state index is 0.0783. The average Bonchev–Trinajstić information content (AvgIpc) is 3.19. The number of halogens is 2. The van der Waals surface area contributed by atoms with Gasteiger partial charge in [-0.25, -0.2) is 8.78 Å². The summed E-state index contributed by atoms with van der Waals surface area (Å²) in [6.45, 7) is 3.35. The summed E-state index contributed by atoms with van der Waals surface area (Å²) in [5.74, 6) is -0.477. The molecule has 3 aliphatic rings. The number of aliphatic hydroxyl groups excluding tert-OH is 1. The predicted molar refractivity (Wildman–Crippen MR) is 108 cm³/mol. The molecule has 3 nitrogen and oxygen atoms in total. The highest BCUT2D eigenvalue weighted by Crippen LogP contribution is 2.47. The van der Waals surface area contributed by atoms with Crippen LogP contribution in [0.4, 0.5) is 8.78 Å². The molecule has 0 aromatic heterocycles. The van der Waals surface area contributed by atoms with Gasteiger partial charge in [-0.3, -0.25) is 0 Å². The molecule has 1 unspecified atom stereocenters. The van der Waals surface area contributed by atoms with E-state index in [1.165, 1.54) is 0 Å². The summed E-state index contributed by atoms with van der Waals surface area (Å²) in [7, 11) is 0. The van der Waals surface area contributed by atoms with Gasteiger partial charge in [0.05, 0.1) is 19.3 Å². The van der Waals surface area contributed by atoms with Crippen molar-refractivity contribution in [3.8, 4) is 0 Å². The molecule has 1 heterocycles. The van der Waals surface area contributed by atoms with Crippen LogP contribution in [0.15, 0.2) is 12.1 Å². The third kappa shape index (κ3) is 4.38. The maximum Gasteiger partial charge on any atom is 0.168 e. The minimum atomic E-state index is -0.929. The van der Waals surface area contributed by atoms with Crippen LogP contribution in [0.1, 0.15) is 94.3 Å². The highest BCUT2D eigenvalue weighted by Gasteiger charge is 2.42. The second-order valence-corrected chi connectivity index (χ2v) is 9.23. The van der Waals surface area contributed by atoms with Crippen LogP contribution in [-0.2, 0) is 9.47 Å². The Morgan fingerprint density at radius 1 is 0.966 bits per heavy atom. The molecule has 1 N–H and O–H groups in total. The molecule has 1 saturated heterocycles. The first-order valence-corrected chi connectivity index (χ1v) is 11.5. The van der Waals surface area contributed by atoms with Gasteiger partial charge in [-0.1, -0.05) is 25.5 Å². The van der Waals surface area contributed by atoms with Crippen LogP contribution in [0.3, 0.4) is 0 Å². The largest absolute Gasteiger partial charge is 0.388 e. The van der Waals surface area contributed by atoms with E-state index in [0.717, 1.165) is 57.8 Å². The molecule has 1 spiro atoms. The van der Waals surface area contributed by atoms with Crippen LogP contribution in [0.2, 0.25) is 0 Å². The zero-order valence-electron chi connectivity index (χ0n) is 17.5. The second-order valence-electron chi connectivity index (χ2n) is 9.23. The number of aliphatic hydroxyl groups is 1. The van der Waals surface area contributed by atoms with E-state index in [2.05, 4.69) is 0 Å². The molecule has 0 radical (unpaired) electrons. The molecule has 1 aromatic carbocycles. The van der Waals surface area contributed by atoms with Crippen LogP contribution in [0.25, 0.3) is 0 Å². The van der Waals surface area contributed by atoms with E-state index < -0.39 is 17.7 Å². The summed E-state index contributed by atoms with van der Waals surface area (Å²) in [5, 5.41) is 10.1. The van der Waals surface area contributed by atoms with Crippen molar-refractivity contribution < 1.29 is 23.4 Å². The van der Waals surface area contributed by atoms with Crippen LogP contribution < -0.4 is 0 Å². The van der Waals surface area contributed by atoms with E-state index in [4.69, 9.17) is 9.47 Å². The van der Waals surface area contributed by atoms with Gasteiger partial charge in [-0.15, -0.1) is 0 Å². The normalized spacial score (nSPS) is 28.7. The van der Waals surface area contributed by atoms with Crippen LogP contribution in [0, 0.1) is 23.5 Å². The molecular formula is C24H34F2O3. The van der Waals surface area contributed by atoms with E-state index >= 15 is 0 Å². The van der Waals surface area contributed by atoms with Crippen LogP contribution >= 0.6 is 0 Å². The van der Waals surface area contributed by atoms with Crippen LogP contribution in [0.5, 0.6) is 0 Å². The number of benzene rings is 1.